The lowest BCUT2D eigenvalue weighted by Crippen LogP contribution is -2.31. The molecular weight excluding hydrogens is 238 g/mol. The van der Waals surface area contributed by atoms with Gasteiger partial charge in [0, 0.05) is 4.90 Å². The van der Waals surface area contributed by atoms with Gasteiger partial charge in [-0.15, -0.1) is 11.8 Å². The van der Waals surface area contributed by atoms with Crippen LogP contribution in [0, 0.1) is 6.92 Å². The summed E-state index contributed by atoms with van der Waals surface area (Å²) >= 11 is 1.40. The van der Waals surface area contributed by atoms with E-state index in [1.807, 2.05) is 25.1 Å². The van der Waals surface area contributed by atoms with Gasteiger partial charge in [0.05, 0.1) is 24.5 Å². The first-order valence-corrected chi connectivity index (χ1v) is 6.13. The van der Waals surface area contributed by atoms with Crippen molar-refractivity contribution in [1.29, 1.82) is 0 Å². The van der Waals surface area contributed by atoms with Crippen molar-refractivity contribution in [3.63, 3.8) is 0 Å². The molecule has 17 heavy (non-hydrogen) atoms. The third kappa shape index (κ3) is 2.61. The van der Waals surface area contributed by atoms with E-state index in [0.29, 0.717) is 0 Å². The fourth-order valence-corrected chi connectivity index (χ4v) is 2.71. The maximum Gasteiger partial charge on any atom is 0.307 e. The van der Waals surface area contributed by atoms with Crippen LogP contribution in [-0.4, -0.2) is 24.2 Å². The number of benzene rings is 1. The van der Waals surface area contributed by atoms with Crippen molar-refractivity contribution in [2.45, 2.75) is 23.5 Å². The summed E-state index contributed by atoms with van der Waals surface area (Å²) < 4.78 is 4.58. The minimum atomic E-state index is -0.405. The Balaban J connectivity index is 2.18. The van der Waals surface area contributed by atoms with Crippen molar-refractivity contribution in [1.82, 2.24) is 0 Å². The number of hydrogen-bond donors (Lipinski definition) is 1. The van der Waals surface area contributed by atoms with Crippen LogP contribution in [-0.2, 0) is 14.3 Å². The molecule has 0 aromatic heterocycles. The van der Waals surface area contributed by atoms with Gasteiger partial charge in [0.1, 0.15) is 0 Å². The Morgan fingerprint density at radius 2 is 2.29 bits per heavy atom. The SMILES string of the molecule is COC(=O)C[C@@H]1Sc2ccc(C)cc2NC1=O. The molecule has 0 radical (unpaired) electrons. The van der Waals surface area contributed by atoms with Crippen molar-refractivity contribution in [3.8, 4) is 0 Å². The number of ether oxygens (including phenoxy) is 1. The number of hydrogen-bond acceptors (Lipinski definition) is 4. The molecule has 1 aliphatic heterocycles. The normalized spacial score (nSPS) is 18.2. The average molecular weight is 251 g/mol. The second-order valence-electron chi connectivity index (χ2n) is 3.88. The highest BCUT2D eigenvalue weighted by Crippen LogP contribution is 2.37. The lowest BCUT2D eigenvalue weighted by molar-refractivity contribution is -0.141. The van der Waals surface area contributed by atoms with Crippen LogP contribution in [0.3, 0.4) is 0 Å². The van der Waals surface area contributed by atoms with E-state index in [0.717, 1.165) is 16.1 Å². The third-order valence-electron chi connectivity index (χ3n) is 2.53. The Kier molecular flexibility index (Phi) is 3.38. The molecule has 4 nitrogen and oxygen atoms in total. The largest absolute Gasteiger partial charge is 0.469 e. The molecule has 0 unspecified atom stereocenters. The Hall–Kier alpha value is -1.49. The summed E-state index contributed by atoms with van der Waals surface area (Å²) in [7, 11) is 1.32. The fourth-order valence-electron chi connectivity index (χ4n) is 1.63. The van der Waals surface area contributed by atoms with Crippen LogP contribution in [0.2, 0.25) is 0 Å². The van der Waals surface area contributed by atoms with Gasteiger partial charge in [0.25, 0.3) is 0 Å². The van der Waals surface area contributed by atoms with Crippen molar-refractivity contribution < 1.29 is 14.3 Å². The van der Waals surface area contributed by atoms with Crippen molar-refractivity contribution in [2.24, 2.45) is 0 Å². The van der Waals surface area contributed by atoms with Crippen LogP contribution in [0.4, 0.5) is 5.69 Å². The number of fused-ring (bicyclic) bond motifs is 1. The minimum Gasteiger partial charge on any atom is -0.469 e. The highest BCUT2D eigenvalue weighted by Gasteiger charge is 2.29. The first kappa shape index (κ1) is 12.0. The molecule has 0 saturated carbocycles. The first-order chi connectivity index (χ1) is 8.10. The van der Waals surface area contributed by atoms with Crippen molar-refractivity contribution >= 4 is 29.3 Å². The number of methoxy groups -OCH3 is 1. The molecular formula is C12H13NO3S. The number of thioether (sulfide) groups is 1. The molecule has 0 saturated heterocycles. The highest BCUT2D eigenvalue weighted by molar-refractivity contribution is 8.01. The van der Waals surface area contributed by atoms with Crippen molar-refractivity contribution in [3.05, 3.63) is 23.8 Å². The Labute approximate surface area is 104 Å². The Morgan fingerprint density at radius 3 is 3.00 bits per heavy atom. The molecule has 1 aromatic rings. The van der Waals surface area contributed by atoms with Gasteiger partial charge in [-0.2, -0.15) is 0 Å². The zero-order chi connectivity index (χ0) is 12.4. The lowest BCUT2D eigenvalue weighted by Gasteiger charge is -2.23. The number of carbonyl (C=O) groups excluding carboxylic acids is 2. The van der Waals surface area contributed by atoms with Crippen LogP contribution in [0.15, 0.2) is 23.1 Å². The summed E-state index contributed by atoms with van der Waals surface area (Å²) in [4.78, 5) is 23.9. The summed E-state index contributed by atoms with van der Waals surface area (Å²) in [6.07, 6.45) is 0.0975. The van der Waals surface area contributed by atoms with E-state index >= 15 is 0 Å². The van der Waals surface area contributed by atoms with Crippen LogP contribution in [0.25, 0.3) is 0 Å². The number of aryl methyl sites for hydroxylation is 1. The van der Waals surface area contributed by atoms with Gasteiger partial charge in [-0.25, -0.2) is 0 Å². The molecule has 90 valence electrons. The zero-order valence-corrected chi connectivity index (χ0v) is 10.5. The van der Waals surface area contributed by atoms with Crippen LogP contribution < -0.4 is 5.32 Å². The number of nitrogens with one attached hydrogen (secondary N) is 1. The van der Waals surface area contributed by atoms with Crippen LogP contribution in [0.5, 0.6) is 0 Å². The van der Waals surface area contributed by atoms with Gasteiger partial charge >= 0.3 is 5.97 Å². The molecule has 0 bridgehead atoms. The van der Waals surface area contributed by atoms with E-state index in [4.69, 9.17) is 0 Å². The number of carbonyl (C=O) groups is 2. The summed E-state index contributed by atoms with van der Waals surface area (Å²) in [6.45, 7) is 1.97. The first-order valence-electron chi connectivity index (χ1n) is 5.25. The molecule has 2 rings (SSSR count). The zero-order valence-electron chi connectivity index (χ0n) is 9.65. The Morgan fingerprint density at radius 1 is 1.53 bits per heavy atom. The lowest BCUT2D eigenvalue weighted by atomic mass is 10.2. The molecule has 0 aliphatic carbocycles. The summed E-state index contributed by atoms with van der Waals surface area (Å²) in [5.41, 5.74) is 1.91. The third-order valence-corrected chi connectivity index (χ3v) is 3.81. The smallest absolute Gasteiger partial charge is 0.307 e. The Bertz CT molecular complexity index is 473. The van der Waals surface area contributed by atoms with Crippen LogP contribution in [0.1, 0.15) is 12.0 Å². The molecule has 1 atom stereocenters. The second kappa shape index (κ2) is 4.79. The number of anilines is 1. The molecule has 1 aromatic carbocycles. The average Bonchev–Trinajstić information content (AvgIpc) is 2.30. The molecule has 1 heterocycles. The molecule has 5 heteroatoms. The second-order valence-corrected chi connectivity index (χ2v) is 5.12. The number of amides is 1. The van der Waals surface area contributed by atoms with E-state index in [2.05, 4.69) is 10.1 Å². The number of esters is 1. The standard InChI is InChI=1S/C12H13NO3S/c1-7-3-4-9-8(5-7)13-12(15)10(17-9)6-11(14)16-2/h3-5,10H,6H2,1-2H3,(H,13,15)/t10-/m0/s1. The summed E-state index contributed by atoms with van der Waals surface area (Å²) in [5.74, 6) is -0.508. The van der Waals surface area contributed by atoms with Crippen LogP contribution >= 0.6 is 11.8 Å². The molecule has 1 N–H and O–H groups in total. The quantitative estimate of drug-likeness (QED) is 0.816. The van der Waals surface area contributed by atoms with E-state index in [1.165, 1.54) is 18.9 Å². The molecule has 1 aliphatic rings. The maximum absolute atomic E-state index is 11.8. The van der Waals surface area contributed by atoms with Gasteiger partial charge in [-0.3, -0.25) is 9.59 Å². The predicted octanol–water partition coefficient (Wildman–Crippen LogP) is 1.97. The highest BCUT2D eigenvalue weighted by atomic mass is 32.2. The monoisotopic (exact) mass is 251 g/mol. The molecule has 1 amide bonds. The predicted molar refractivity (Wildman–Crippen MR) is 66.1 cm³/mol. The van der Waals surface area contributed by atoms with Gasteiger partial charge < -0.3 is 10.1 Å². The van der Waals surface area contributed by atoms with Crippen molar-refractivity contribution in [2.75, 3.05) is 12.4 Å². The van der Waals surface area contributed by atoms with Gasteiger partial charge in [0.15, 0.2) is 0 Å². The maximum atomic E-state index is 11.8. The molecule has 0 fully saturated rings. The summed E-state index contributed by atoms with van der Waals surface area (Å²) in [6, 6.07) is 5.87. The molecule has 0 spiro atoms. The number of rotatable bonds is 2. The van der Waals surface area contributed by atoms with Gasteiger partial charge in [0.2, 0.25) is 5.91 Å². The van der Waals surface area contributed by atoms with E-state index < -0.39 is 5.25 Å². The summed E-state index contributed by atoms with van der Waals surface area (Å²) in [5, 5.41) is 2.41. The van der Waals surface area contributed by atoms with E-state index in [1.54, 1.807) is 0 Å². The fraction of sp³-hybridized carbons (Fsp3) is 0.333. The minimum absolute atomic E-state index is 0.0975. The van der Waals surface area contributed by atoms with E-state index in [9.17, 15) is 9.59 Å². The van der Waals surface area contributed by atoms with Gasteiger partial charge in [-0.1, -0.05) is 6.07 Å². The topological polar surface area (TPSA) is 55.4 Å². The van der Waals surface area contributed by atoms with E-state index in [-0.39, 0.29) is 18.3 Å². The van der Waals surface area contributed by atoms with Gasteiger partial charge in [-0.05, 0) is 24.6 Å².